The summed E-state index contributed by atoms with van der Waals surface area (Å²) < 4.78 is 23.8. The van der Waals surface area contributed by atoms with Crippen molar-refractivity contribution in [2.24, 2.45) is 11.5 Å². The van der Waals surface area contributed by atoms with Crippen LogP contribution < -0.4 is 62.2 Å². The van der Waals surface area contributed by atoms with Gasteiger partial charge in [0.25, 0.3) is 0 Å². The van der Waals surface area contributed by atoms with Gasteiger partial charge < -0.3 is 30.4 Å². The molecule has 0 radical (unpaired) electrons. The number of aromatic nitrogens is 2. The van der Waals surface area contributed by atoms with Gasteiger partial charge in [-0.05, 0) is 48.2 Å². The molecule has 8 nitrogen and oxygen atoms in total. The molecule has 65 heavy (non-hydrogen) atoms. The number of rotatable bonds is 14. The maximum atomic E-state index is 6.15. The van der Waals surface area contributed by atoms with Gasteiger partial charge in [-0.25, -0.2) is 0 Å². The summed E-state index contributed by atoms with van der Waals surface area (Å²) in [6, 6.07) is 65.8. The molecule has 8 aromatic rings. The van der Waals surface area contributed by atoms with E-state index in [1.54, 1.807) is 28.4 Å². The fourth-order valence-corrected chi connectivity index (χ4v) is 12.2. The molecule has 0 fully saturated rings. The molecule has 2 heterocycles. The number of benzene rings is 6. The molecule has 334 valence electrons. The Morgan fingerprint density at radius 2 is 0.662 bits per heavy atom. The molecular weight excluding hydrogens is 979 g/mol. The van der Waals surface area contributed by atoms with Gasteiger partial charge >= 0.3 is 34.5 Å². The monoisotopic (exact) mass is 1030 g/mol. The van der Waals surface area contributed by atoms with Crippen LogP contribution in [0.3, 0.4) is 0 Å². The summed E-state index contributed by atoms with van der Waals surface area (Å²) in [5.74, 6) is 1.78. The molecule has 0 saturated heterocycles. The predicted molar refractivity (Wildman–Crippen MR) is 270 cm³/mol. The first-order valence-electron chi connectivity index (χ1n) is 20.4. The van der Waals surface area contributed by atoms with Crippen molar-refractivity contribution in [3.05, 3.63) is 205 Å². The Kier molecular flexibility index (Phi) is 19.3. The fourth-order valence-electron chi connectivity index (χ4n) is 7.23. The number of methoxy groups -OCH3 is 4. The summed E-state index contributed by atoms with van der Waals surface area (Å²) >= 11 is -0.346. The third kappa shape index (κ3) is 12.6. The van der Waals surface area contributed by atoms with E-state index in [1.165, 1.54) is 21.2 Å². The summed E-state index contributed by atoms with van der Waals surface area (Å²) in [6.07, 6.45) is 0. The Hall–Kier alpha value is -5.20. The van der Waals surface area contributed by atoms with Gasteiger partial charge in [0.15, 0.2) is 0 Å². The van der Waals surface area contributed by atoms with Crippen molar-refractivity contribution in [3.8, 4) is 34.6 Å². The van der Waals surface area contributed by atoms with Crippen LogP contribution in [0.2, 0.25) is 0 Å². The molecule has 4 N–H and O–H groups in total. The molecule has 0 aliphatic rings. The van der Waals surface area contributed by atoms with E-state index in [-0.39, 0.29) is 27.2 Å². The van der Waals surface area contributed by atoms with Crippen LogP contribution in [0.25, 0.3) is 11.1 Å². The van der Waals surface area contributed by atoms with Crippen molar-refractivity contribution in [3.63, 3.8) is 0 Å². The molecule has 0 saturated carbocycles. The van der Waals surface area contributed by atoms with Gasteiger partial charge in [-0.2, -0.15) is 9.97 Å². The zero-order chi connectivity index (χ0) is 46.0. The molecular formula is C52H50Cl2N4O4P2Ru. The average molecular weight is 1030 g/mol. The molecule has 0 bridgehead atoms. The third-order valence-corrected chi connectivity index (χ3v) is 15.2. The Morgan fingerprint density at radius 1 is 0.415 bits per heavy atom. The van der Waals surface area contributed by atoms with E-state index < -0.39 is 15.8 Å². The summed E-state index contributed by atoms with van der Waals surface area (Å²) in [6.45, 7) is 0. The topological polar surface area (TPSA) is 115 Å². The van der Waals surface area contributed by atoms with E-state index in [2.05, 4.69) is 97.1 Å². The van der Waals surface area contributed by atoms with E-state index in [0.29, 0.717) is 23.5 Å². The third-order valence-electron chi connectivity index (χ3n) is 10.2. The van der Waals surface area contributed by atoms with E-state index >= 15 is 0 Å². The van der Waals surface area contributed by atoms with Crippen molar-refractivity contribution in [1.82, 2.24) is 9.97 Å². The van der Waals surface area contributed by atoms with Crippen LogP contribution in [0.5, 0.6) is 23.5 Å². The normalized spacial score (nSPS) is 11.7. The molecule has 13 heteroatoms. The zero-order valence-electron chi connectivity index (χ0n) is 36.3. The van der Waals surface area contributed by atoms with Gasteiger partial charge in [0.05, 0.1) is 39.6 Å². The minimum absolute atomic E-state index is 0.163. The van der Waals surface area contributed by atoms with Crippen LogP contribution >= 0.6 is 35.2 Å². The van der Waals surface area contributed by atoms with Crippen LogP contribution in [-0.4, -0.2) is 38.4 Å². The average Bonchev–Trinajstić information content (AvgIpc) is 3.38. The second-order valence-corrected chi connectivity index (χ2v) is 21.1. The second kappa shape index (κ2) is 25.5. The number of hydrogen-bond donors (Lipinski definition) is 2. The van der Waals surface area contributed by atoms with Gasteiger partial charge in [-0.15, -0.1) is 0 Å². The van der Waals surface area contributed by atoms with Crippen molar-refractivity contribution < 1.29 is 34.1 Å². The maximum absolute atomic E-state index is 6.15. The number of ether oxygens (including phenoxy) is 4. The number of hydrogen-bond acceptors (Lipinski definition) is 8. The Balaban J connectivity index is 0.000000306. The fraction of sp³-hybridized carbons (Fsp3) is 0.115. The molecule has 0 aliphatic carbocycles. The summed E-state index contributed by atoms with van der Waals surface area (Å²) in [5.41, 5.74) is 16.0. The number of nitrogens with zero attached hydrogens (tertiary/aromatic N) is 2. The van der Waals surface area contributed by atoms with Crippen molar-refractivity contribution in [2.45, 2.75) is 12.1 Å². The van der Waals surface area contributed by atoms with Crippen LogP contribution in [0.4, 0.5) is 0 Å². The zero-order valence-corrected chi connectivity index (χ0v) is 41.4. The van der Waals surface area contributed by atoms with Crippen LogP contribution in [0.15, 0.2) is 194 Å². The van der Waals surface area contributed by atoms with Crippen molar-refractivity contribution in [2.75, 3.05) is 28.4 Å². The summed E-state index contributed by atoms with van der Waals surface area (Å²) in [4.78, 5) is 9.68. The van der Waals surface area contributed by atoms with Gasteiger partial charge in [0, 0.05) is 34.8 Å². The van der Waals surface area contributed by atoms with Crippen LogP contribution in [-0.2, 0) is 15.1 Å². The predicted octanol–water partition coefficient (Wildman–Crippen LogP) is 9.46. The quantitative estimate of drug-likeness (QED) is 0.0819. The molecule has 8 rings (SSSR count). The van der Waals surface area contributed by atoms with Crippen LogP contribution in [0.1, 0.15) is 23.2 Å². The first-order chi connectivity index (χ1) is 31.9. The second-order valence-electron chi connectivity index (χ2n) is 14.1. The van der Waals surface area contributed by atoms with E-state index in [0.717, 1.165) is 32.9 Å². The van der Waals surface area contributed by atoms with Gasteiger partial charge in [0.1, 0.15) is 0 Å². The summed E-state index contributed by atoms with van der Waals surface area (Å²) in [7, 11) is 14.0. The number of halogens is 2. The standard InChI is InChI=1S/C38H34N2O4P2.C14H16N2.2ClH.Ru/c1-41-33-25-31(45(27-17-9-5-10-18-27)28-19-11-6-12-20-28)35(37(39-33)43-3)36-32(26-34(42-2)40-38(36)44-4)46(29-21-13-7-14-22-29)30-23-15-8-16-24-30;15-13(11-7-3-1-4-8-11)14(16)12-9-5-2-6-10-12;;;/h5-26H,1-4H3;1-10,13-14H,15-16H2;2*1H;/q;;;;+2/p-2/t;13-,14-;;;/m.0.../s1. The molecule has 2 aromatic heterocycles. The Labute approximate surface area is 400 Å². The molecule has 0 unspecified atom stereocenters. The van der Waals surface area contributed by atoms with Crippen molar-refractivity contribution >= 4 is 67.1 Å². The van der Waals surface area contributed by atoms with Crippen molar-refractivity contribution in [1.29, 1.82) is 0 Å². The first-order valence-corrected chi connectivity index (χ1v) is 27.6. The summed E-state index contributed by atoms with van der Waals surface area (Å²) in [5, 5.41) is 6.73. The molecule has 6 aromatic carbocycles. The van der Waals surface area contributed by atoms with Gasteiger partial charge in [0.2, 0.25) is 23.5 Å². The van der Waals surface area contributed by atoms with Gasteiger partial charge in [-0.3, -0.25) is 0 Å². The van der Waals surface area contributed by atoms with E-state index in [4.69, 9.17) is 59.8 Å². The van der Waals surface area contributed by atoms with E-state index in [1.807, 2.05) is 97.1 Å². The van der Waals surface area contributed by atoms with E-state index in [9.17, 15) is 0 Å². The Morgan fingerprint density at radius 3 is 0.892 bits per heavy atom. The molecule has 0 aliphatic heterocycles. The minimum atomic E-state index is -1.11. The number of pyridine rings is 2. The van der Waals surface area contributed by atoms with Crippen LogP contribution in [0, 0.1) is 0 Å². The molecule has 0 spiro atoms. The molecule has 0 amide bonds. The first kappa shape index (κ1) is 49.2. The Bertz CT molecular complexity index is 2390. The van der Waals surface area contributed by atoms with Gasteiger partial charge in [-0.1, -0.05) is 182 Å². The SMILES string of the molecule is COc1cc(P(c2ccccc2)c2ccccc2)c(-c2c(P(c3ccccc3)c3ccccc3)cc(OC)nc2OC)c(OC)n1.N[C@@H](c1ccccc1)[C@@H](N)c1ccccc1.[Cl][Ru][Cl]. The number of nitrogens with two attached hydrogens (primary N) is 2. The molecule has 2 atom stereocenters.